The third-order valence-electron chi connectivity index (χ3n) is 3.83. The normalized spacial score (nSPS) is 10.0. The van der Waals surface area contributed by atoms with Gasteiger partial charge >= 0.3 is 0 Å². The fourth-order valence-electron chi connectivity index (χ4n) is 2.46. The Kier molecular flexibility index (Phi) is 7.43. The average molecular weight is 352 g/mol. The Labute approximate surface area is 154 Å². The molecule has 2 rings (SSSR count). The summed E-state index contributed by atoms with van der Waals surface area (Å²) in [6.07, 6.45) is 1.49. The SMILES string of the molecule is C=CC(=O)NCc1ccccc1CC(=O)NCc1ccc(OCC)cc1. The van der Waals surface area contributed by atoms with E-state index in [1.807, 2.05) is 55.5 Å². The van der Waals surface area contributed by atoms with E-state index < -0.39 is 0 Å². The van der Waals surface area contributed by atoms with Gasteiger partial charge in [0.1, 0.15) is 5.75 Å². The highest BCUT2D eigenvalue weighted by Gasteiger charge is 2.08. The fraction of sp³-hybridized carbons (Fsp3) is 0.238. The highest BCUT2D eigenvalue weighted by atomic mass is 16.5. The zero-order valence-corrected chi connectivity index (χ0v) is 15.0. The lowest BCUT2D eigenvalue weighted by Crippen LogP contribution is -2.26. The summed E-state index contributed by atoms with van der Waals surface area (Å²) in [4.78, 5) is 23.6. The van der Waals surface area contributed by atoms with Crippen molar-refractivity contribution in [3.05, 3.63) is 77.9 Å². The third-order valence-corrected chi connectivity index (χ3v) is 3.83. The Morgan fingerprint density at radius 3 is 2.35 bits per heavy atom. The average Bonchev–Trinajstić information content (AvgIpc) is 2.66. The highest BCUT2D eigenvalue weighted by molar-refractivity contribution is 5.86. The van der Waals surface area contributed by atoms with E-state index in [1.54, 1.807) is 0 Å². The summed E-state index contributed by atoms with van der Waals surface area (Å²) in [6, 6.07) is 15.2. The predicted molar refractivity (Wildman–Crippen MR) is 102 cm³/mol. The van der Waals surface area contributed by atoms with Crippen LogP contribution in [-0.2, 0) is 29.1 Å². The number of rotatable bonds is 9. The van der Waals surface area contributed by atoms with Crippen molar-refractivity contribution in [2.75, 3.05) is 6.61 Å². The van der Waals surface area contributed by atoms with E-state index in [9.17, 15) is 9.59 Å². The molecule has 0 aliphatic carbocycles. The van der Waals surface area contributed by atoms with Crippen molar-refractivity contribution >= 4 is 11.8 Å². The Bertz CT molecular complexity index is 754. The first-order chi connectivity index (χ1) is 12.6. The van der Waals surface area contributed by atoms with E-state index in [0.717, 1.165) is 22.4 Å². The predicted octanol–water partition coefficient (Wildman–Crippen LogP) is 2.75. The van der Waals surface area contributed by atoms with Gasteiger partial charge < -0.3 is 15.4 Å². The van der Waals surface area contributed by atoms with Gasteiger partial charge in [0.15, 0.2) is 0 Å². The number of carbonyl (C=O) groups excluding carboxylic acids is 2. The minimum atomic E-state index is -0.236. The molecule has 0 aliphatic heterocycles. The molecule has 0 fully saturated rings. The second-order valence-electron chi connectivity index (χ2n) is 5.72. The van der Waals surface area contributed by atoms with Crippen molar-refractivity contribution in [3.8, 4) is 5.75 Å². The number of hydrogen-bond donors (Lipinski definition) is 2. The largest absolute Gasteiger partial charge is 0.494 e. The van der Waals surface area contributed by atoms with Crippen LogP contribution in [0.25, 0.3) is 0 Å². The maximum absolute atomic E-state index is 12.3. The van der Waals surface area contributed by atoms with Gasteiger partial charge in [-0.3, -0.25) is 9.59 Å². The summed E-state index contributed by atoms with van der Waals surface area (Å²) in [6.45, 7) is 6.82. The van der Waals surface area contributed by atoms with Crippen LogP contribution < -0.4 is 15.4 Å². The number of hydrogen-bond acceptors (Lipinski definition) is 3. The standard InChI is InChI=1S/C21H24N2O3/c1-3-20(24)23-15-18-8-6-5-7-17(18)13-21(25)22-14-16-9-11-19(12-10-16)26-4-2/h3,5-12H,1,4,13-15H2,2H3,(H,22,25)(H,23,24). The molecule has 0 aliphatic rings. The fourth-order valence-corrected chi connectivity index (χ4v) is 2.46. The van der Waals surface area contributed by atoms with Crippen molar-refractivity contribution in [3.63, 3.8) is 0 Å². The minimum Gasteiger partial charge on any atom is -0.494 e. The molecule has 26 heavy (non-hydrogen) atoms. The number of nitrogens with one attached hydrogen (secondary N) is 2. The smallest absolute Gasteiger partial charge is 0.243 e. The highest BCUT2D eigenvalue weighted by Crippen LogP contribution is 2.12. The summed E-state index contributed by atoms with van der Waals surface area (Å²) in [7, 11) is 0. The van der Waals surface area contributed by atoms with Crippen LogP contribution in [0.3, 0.4) is 0 Å². The number of ether oxygens (including phenoxy) is 1. The van der Waals surface area contributed by atoms with Crippen molar-refractivity contribution in [2.45, 2.75) is 26.4 Å². The molecule has 0 saturated heterocycles. The molecule has 136 valence electrons. The molecule has 2 N–H and O–H groups in total. The van der Waals surface area contributed by atoms with Crippen molar-refractivity contribution in [1.82, 2.24) is 10.6 Å². The summed E-state index contributed by atoms with van der Waals surface area (Å²) in [5.41, 5.74) is 2.81. The molecule has 0 heterocycles. The van der Waals surface area contributed by atoms with E-state index in [-0.39, 0.29) is 18.2 Å². The molecule has 5 nitrogen and oxygen atoms in total. The van der Waals surface area contributed by atoms with E-state index in [2.05, 4.69) is 17.2 Å². The van der Waals surface area contributed by atoms with Crippen LogP contribution in [0.15, 0.2) is 61.2 Å². The quantitative estimate of drug-likeness (QED) is 0.682. The number of amides is 2. The molecule has 0 saturated carbocycles. The first-order valence-electron chi connectivity index (χ1n) is 8.58. The van der Waals surface area contributed by atoms with Gasteiger partial charge in [0.2, 0.25) is 11.8 Å². The Hall–Kier alpha value is -3.08. The van der Waals surface area contributed by atoms with E-state index >= 15 is 0 Å². The molecule has 0 atom stereocenters. The molecule has 0 radical (unpaired) electrons. The first-order valence-corrected chi connectivity index (χ1v) is 8.58. The van der Waals surface area contributed by atoms with Crippen molar-refractivity contribution < 1.29 is 14.3 Å². The van der Waals surface area contributed by atoms with Gasteiger partial charge in [-0.05, 0) is 41.8 Å². The molecule has 0 spiro atoms. The third kappa shape index (κ3) is 6.09. The maximum Gasteiger partial charge on any atom is 0.243 e. The van der Waals surface area contributed by atoms with Crippen LogP contribution in [0.2, 0.25) is 0 Å². The lowest BCUT2D eigenvalue weighted by Gasteiger charge is -2.11. The summed E-state index contributed by atoms with van der Waals surface area (Å²) in [5, 5.41) is 5.65. The van der Waals surface area contributed by atoms with E-state index in [0.29, 0.717) is 19.7 Å². The summed E-state index contributed by atoms with van der Waals surface area (Å²) < 4.78 is 5.40. The minimum absolute atomic E-state index is 0.0682. The van der Waals surface area contributed by atoms with Crippen molar-refractivity contribution in [2.24, 2.45) is 0 Å². The molecular weight excluding hydrogens is 328 g/mol. The van der Waals surface area contributed by atoms with Gasteiger partial charge in [-0.15, -0.1) is 0 Å². The van der Waals surface area contributed by atoms with E-state index in [1.165, 1.54) is 6.08 Å². The van der Waals surface area contributed by atoms with Crippen LogP contribution >= 0.6 is 0 Å². The molecular formula is C21H24N2O3. The Morgan fingerprint density at radius 2 is 1.69 bits per heavy atom. The lowest BCUT2D eigenvalue weighted by atomic mass is 10.0. The first kappa shape index (κ1) is 19.2. The molecule has 2 aromatic rings. The van der Waals surface area contributed by atoms with E-state index in [4.69, 9.17) is 4.74 Å². The van der Waals surface area contributed by atoms with Crippen LogP contribution in [0, 0.1) is 0 Å². The van der Waals surface area contributed by atoms with Gasteiger partial charge in [-0.25, -0.2) is 0 Å². The number of carbonyl (C=O) groups is 2. The second kappa shape index (κ2) is 10.0. The lowest BCUT2D eigenvalue weighted by molar-refractivity contribution is -0.120. The molecule has 0 bridgehead atoms. The second-order valence-corrected chi connectivity index (χ2v) is 5.72. The number of benzene rings is 2. The molecule has 2 amide bonds. The summed E-state index contributed by atoms with van der Waals surface area (Å²) >= 11 is 0. The summed E-state index contributed by atoms with van der Waals surface area (Å²) in [5.74, 6) is 0.513. The van der Waals surface area contributed by atoms with Crippen LogP contribution in [0.5, 0.6) is 5.75 Å². The van der Waals surface area contributed by atoms with Gasteiger partial charge in [-0.1, -0.05) is 43.0 Å². The zero-order valence-electron chi connectivity index (χ0n) is 15.0. The molecule has 0 aromatic heterocycles. The van der Waals surface area contributed by atoms with Gasteiger partial charge in [0, 0.05) is 13.1 Å². The Balaban J connectivity index is 1.89. The van der Waals surface area contributed by atoms with Crippen LogP contribution in [0.4, 0.5) is 0 Å². The van der Waals surface area contributed by atoms with Gasteiger partial charge in [-0.2, -0.15) is 0 Å². The van der Waals surface area contributed by atoms with Crippen molar-refractivity contribution in [1.29, 1.82) is 0 Å². The monoisotopic (exact) mass is 352 g/mol. The molecule has 0 unspecified atom stereocenters. The van der Waals surface area contributed by atoms with Crippen LogP contribution in [0.1, 0.15) is 23.6 Å². The maximum atomic E-state index is 12.3. The Morgan fingerprint density at radius 1 is 1.00 bits per heavy atom. The van der Waals surface area contributed by atoms with Gasteiger partial charge in [0.05, 0.1) is 13.0 Å². The molecule has 2 aromatic carbocycles. The topological polar surface area (TPSA) is 67.4 Å². The van der Waals surface area contributed by atoms with Gasteiger partial charge in [0.25, 0.3) is 0 Å². The molecule has 5 heteroatoms. The zero-order chi connectivity index (χ0) is 18.8. The van der Waals surface area contributed by atoms with Crippen LogP contribution in [-0.4, -0.2) is 18.4 Å².